The lowest BCUT2D eigenvalue weighted by molar-refractivity contribution is 0.185. The van der Waals surface area contributed by atoms with E-state index < -0.39 is 0 Å². The van der Waals surface area contributed by atoms with Crippen molar-refractivity contribution in [2.24, 2.45) is 0 Å². The van der Waals surface area contributed by atoms with Crippen LogP contribution in [0.1, 0.15) is 22.3 Å². The maximum Gasteiger partial charge on any atom is 0.101 e. The molecule has 21 heavy (non-hydrogen) atoms. The molecule has 0 aliphatic heterocycles. The lowest BCUT2D eigenvalue weighted by Gasteiger charge is -2.08. The van der Waals surface area contributed by atoms with E-state index >= 15 is 0 Å². The Labute approximate surface area is 124 Å². The normalized spacial score (nSPS) is 9.67. The lowest BCUT2D eigenvalue weighted by atomic mass is 10.1. The van der Waals surface area contributed by atoms with Crippen LogP contribution in [-0.2, 0) is 17.9 Å². The van der Waals surface area contributed by atoms with E-state index in [2.05, 4.69) is 5.32 Å². The van der Waals surface area contributed by atoms with Gasteiger partial charge in [0.2, 0.25) is 0 Å². The molecule has 0 radical (unpaired) electrons. The summed E-state index contributed by atoms with van der Waals surface area (Å²) in [7, 11) is 1.67. The second kappa shape index (κ2) is 7.09. The Kier molecular flexibility index (Phi) is 4.93. The molecule has 0 unspecified atom stereocenters. The SMILES string of the molecule is COCc1ccc(CNc2ccc(C#N)c(C#N)c2)cc1. The summed E-state index contributed by atoms with van der Waals surface area (Å²) in [6.45, 7) is 1.26. The van der Waals surface area contributed by atoms with Crippen molar-refractivity contribution in [3.05, 3.63) is 64.7 Å². The lowest BCUT2D eigenvalue weighted by Crippen LogP contribution is -2.00. The Morgan fingerprint density at radius 1 is 0.952 bits per heavy atom. The predicted octanol–water partition coefficient (Wildman–Crippen LogP) is 3.19. The van der Waals surface area contributed by atoms with Crippen LogP contribution in [0.25, 0.3) is 0 Å². The minimum absolute atomic E-state index is 0.387. The van der Waals surface area contributed by atoms with Crippen LogP contribution in [0.5, 0.6) is 0 Å². The van der Waals surface area contributed by atoms with Crippen LogP contribution in [0.15, 0.2) is 42.5 Å². The number of methoxy groups -OCH3 is 1. The minimum Gasteiger partial charge on any atom is -0.381 e. The predicted molar refractivity (Wildman–Crippen MR) is 80.4 cm³/mol. The zero-order chi connectivity index (χ0) is 15.1. The number of ether oxygens (including phenoxy) is 1. The quantitative estimate of drug-likeness (QED) is 0.911. The van der Waals surface area contributed by atoms with Crippen molar-refractivity contribution >= 4 is 5.69 Å². The molecular formula is C17H15N3O. The summed E-state index contributed by atoms with van der Waals surface area (Å²) in [5.74, 6) is 0. The van der Waals surface area contributed by atoms with E-state index in [0.717, 1.165) is 16.8 Å². The molecule has 4 heteroatoms. The third kappa shape index (κ3) is 3.82. The van der Waals surface area contributed by atoms with Crippen molar-refractivity contribution < 1.29 is 4.74 Å². The summed E-state index contributed by atoms with van der Waals surface area (Å²) in [5.41, 5.74) is 3.88. The molecule has 0 bridgehead atoms. The van der Waals surface area contributed by atoms with Gasteiger partial charge in [0, 0.05) is 19.3 Å². The molecule has 0 spiro atoms. The topological polar surface area (TPSA) is 68.8 Å². The molecule has 104 valence electrons. The zero-order valence-corrected chi connectivity index (χ0v) is 11.8. The van der Waals surface area contributed by atoms with Crippen molar-refractivity contribution in [3.63, 3.8) is 0 Å². The number of hydrogen-bond donors (Lipinski definition) is 1. The van der Waals surface area contributed by atoms with Gasteiger partial charge in [-0.3, -0.25) is 0 Å². The smallest absolute Gasteiger partial charge is 0.101 e. The number of benzene rings is 2. The van der Waals surface area contributed by atoms with Crippen molar-refractivity contribution in [3.8, 4) is 12.1 Å². The van der Waals surface area contributed by atoms with E-state index in [9.17, 15) is 0 Å². The molecule has 0 aliphatic rings. The Bertz CT molecular complexity index is 693. The molecule has 0 aliphatic carbocycles. The van der Waals surface area contributed by atoms with Gasteiger partial charge >= 0.3 is 0 Å². The molecule has 0 saturated heterocycles. The third-order valence-electron chi connectivity index (χ3n) is 3.09. The molecule has 4 nitrogen and oxygen atoms in total. The van der Waals surface area contributed by atoms with Crippen LogP contribution in [0.4, 0.5) is 5.69 Å². The highest BCUT2D eigenvalue weighted by Crippen LogP contribution is 2.16. The summed E-state index contributed by atoms with van der Waals surface area (Å²) < 4.78 is 5.07. The van der Waals surface area contributed by atoms with Gasteiger partial charge in [-0.1, -0.05) is 24.3 Å². The first-order valence-corrected chi connectivity index (χ1v) is 6.51. The van der Waals surface area contributed by atoms with Crippen molar-refractivity contribution in [1.82, 2.24) is 0 Å². The largest absolute Gasteiger partial charge is 0.381 e. The van der Waals surface area contributed by atoms with E-state index in [4.69, 9.17) is 15.3 Å². The van der Waals surface area contributed by atoms with E-state index in [-0.39, 0.29) is 0 Å². The molecule has 0 atom stereocenters. The molecule has 0 heterocycles. The molecule has 2 rings (SSSR count). The maximum atomic E-state index is 9.00. The fourth-order valence-electron chi connectivity index (χ4n) is 1.97. The summed E-state index contributed by atoms with van der Waals surface area (Å²) >= 11 is 0. The van der Waals surface area contributed by atoms with Gasteiger partial charge in [0.25, 0.3) is 0 Å². The number of rotatable bonds is 5. The summed E-state index contributed by atoms with van der Waals surface area (Å²) in [5, 5.41) is 21.1. The highest BCUT2D eigenvalue weighted by molar-refractivity contribution is 5.56. The Morgan fingerprint density at radius 3 is 2.24 bits per heavy atom. The van der Waals surface area contributed by atoms with Crippen molar-refractivity contribution in [2.45, 2.75) is 13.2 Å². The second-order valence-electron chi connectivity index (χ2n) is 4.59. The van der Waals surface area contributed by atoms with Crippen molar-refractivity contribution in [1.29, 1.82) is 10.5 Å². The number of anilines is 1. The zero-order valence-electron chi connectivity index (χ0n) is 11.8. The van der Waals surface area contributed by atoms with Gasteiger partial charge in [0.05, 0.1) is 17.7 Å². The maximum absolute atomic E-state index is 9.00. The first-order valence-electron chi connectivity index (χ1n) is 6.51. The number of hydrogen-bond acceptors (Lipinski definition) is 4. The van der Waals surface area contributed by atoms with Crippen LogP contribution in [0.3, 0.4) is 0 Å². The van der Waals surface area contributed by atoms with E-state index in [1.54, 1.807) is 25.3 Å². The highest BCUT2D eigenvalue weighted by atomic mass is 16.5. The first-order chi connectivity index (χ1) is 10.3. The number of nitrogens with zero attached hydrogens (tertiary/aromatic N) is 2. The van der Waals surface area contributed by atoms with Gasteiger partial charge in [-0.25, -0.2) is 0 Å². The Hall–Kier alpha value is -2.82. The van der Waals surface area contributed by atoms with Gasteiger partial charge in [-0.2, -0.15) is 10.5 Å². The van der Waals surface area contributed by atoms with E-state index in [1.165, 1.54) is 0 Å². The van der Waals surface area contributed by atoms with Gasteiger partial charge in [0.1, 0.15) is 12.1 Å². The number of nitrogens with one attached hydrogen (secondary N) is 1. The highest BCUT2D eigenvalue weighted by Gasteiger charge is 2.02. The summed E-state index contributed by atoms with van der Waals surface area (Å²) in [6.07, 6.45) is 0. The van der Waals surface area contributed by atoms with Gasteiger partial charge < -0.3 is 10.1 Å². The fourth-order valence-corrected chi connectivity index (χ4v) is 1.97. The number of nitriles is 2. The van der Waals surface area contributed by atoms with Crippen LogP contribution >= 0.6 is 0 Å². The molecule has 0 amide bonds. The van der Waals surface area contributed by atoms with Crippen LogP contribution in [0, 0.1) is 22.7 Å². The van der Waals surface area contributed by atoms with Gasteiger partial charge in [-0.05, 0) is 29.3 Å². The molecular weight excluding hydrogens is 262 g/mol. The molecule has 2 aromatic carbocycles. The summed E-state index contributed by atoms with van der Waals surface area (Å²) in [6, 6.07) is 17.3. The van der Waals surface area contributed by atoms with Crippen LogP contribution < -0.4 is 5.32 Å². The molecule has 0 aromatic heterocycles. The van der Waals surface area contributed by atoms with Crippen molar-refractivity contribution in [2.75, 3.05) is 12.4 Å². The molecule has 2 aromatic rings. The molecule has 1 N–H and O–H groups in total. The Morgan fingerprint density at radius 2 is 1.62 bits per heavy atom. The molecule has 0 saturated carbocycles. The minimum atomic E-state index is 0.387. The monoisotopic (exact) mass is 277 g/mol. The third-order valence-corrected chi connectivity index (χ3v) is 3.09. The average Bonchev–Trinajstić information content (AvgIpc) is 2.54. The average molecular weight is 277 g/mol. The fraction of sp³-hybridized carbons (Fsp3) is 0.176. The van der Waals surface area contributed by atoms with Gasteiger partial charge in [0.15, 0.2) is 0 Å². The van der Waals surface area contributed by atoms with Crippen LogP contribution in [0.2, 0.25) is 0 Å². The van der Waals surface area contributed by atoms with E-state index in [0.29, 0.717) is 24.3 Å². The van der Waals surface area contributed by atoms with Crippen LogP contribution in [-0.4, -0.2) is 7.11 Å². The first kappa shape index (κ1) is 14.6. The summed E-state index contributed by atoms with van der Waals surface area (Å²) in [4.78, 5) is 0. The molecule has 0 fully saturated rings. The van der Waals surface area contributed by atoms with E-state index in [1.807, 2.05) is 36.4 Å². The second-order valence-corrected chi connectivity index (χ2v) is 4.59. The standard InChI is InChI=1S/C17H15N3O/c1-21-12-14-4-2-13(3-5-14)11-20-17-7-6-15(9-18)16(8-17)10-19/h2-8,20H,11-12H2,1H3. The van der Waals surface area contributed by atoms with Gasteiger partial charge in [-0.15, -0.1) is 0 Å². The Balaban J connectivity index is 2.03.